The average molecular weight is 421 g/mol. The molecule has 0 radical (unpaired) electrons. The van der Waals surface area contributed by atoms with Crippen LogP contribution in [0.4, 0.5) is 13.2 Å². The Morgan fingerprint density at radius 3 is 2.36 bits per heavy atom. The van der Waals surface area contributed by atoms with E-state index in [1.807, 2.05) is 5.38 Å². The van der Waals surface area contributed by atoms with Gasteiger partial charge in [-0.3, -0.25) is 9.69 Å². The highest BCUT2D eigenvalue weighted by Crippen LogP contribution is 2.35. The van der Waals surface area contributed by atoms with E-state index in [-0.39, 0.29) is 5.91 Å². The lowest BCUT2D eigenvalue weighted by Gasteiger charge is -2.35. The zero-order valence-electron chi connectivity index (χ0n) is 15.1. The van der Waals surface area contributed by atoms with Crippen LogP contribution in [-0.4, -0.2) is 82.4 Å². The summed E-state index contributed by atoms with van der Waals surface area (Å²) in [6, 6.07) is 1.60. The first-order valence-corrected chi connectivity index (χ1v) is 10.1. The van der Waals surface area contributed by atoms with Gasteiger partial charge in [-0.05, 0) is 25.7 Å². The van der Waals surface area contributed by atoms with E-state index >= 15 is 0 Å². The molecule has 2 atom stereocenters. The van der Waals surface area contributed by atoms with E-state index in [1.165, 1.54) is 11.3 Å². The van der Waals surface area contributed by atoms with E-state index in [0.29, 0.717) is 23.8 Å². The number of hydrogen-bond acceptors (Lipinski definition) is 6. The first kappa shape index (κ1) is 21.0. The molecule has 0 bridgehead atoms. The van der Waals surface area contributed by atoms with Gasteiger partial charge in [0, 0.05) is 49.8 Å². The highest BCUT2D eigenvalue weighted by Gasteiger charge is 2.46. The highest BCUT2D eigenvalue weighted by atomic mass is 32.1. The van der Waals surface area contributed by atoms with Gasteiger partial charge in [0.15, 0.2) is 0 Å². The lowest BCUT2D eigenvalue weighted by atomic mass is 10.0. The Morgan fingerprint density at radius 1 is 1.14 bits per heavy atom. The second-order valence-electron chi connectivity index (χ2n) is 6.97. The molecule has 0 spiro atoms. The van der Waals surface area contributed by atoms with Gasteiger partial charge in [0.2, 0.25) is 0 Å². The fraction of sp³-hybridized carbons (Fsp3) is 0.706. The summed E-state index contributed by atoms with van der Waals surface area (Å²) < 4.78 is 37.2. The maximum atomic E-state index is 12.6. The Morgan fingerprint density at radius 2 is 1.79 bits per heavy atom. The molecule has 3 aliphatic heterocycles. The summed E-state index contributed by atoms with van der Waals surface area (Å²) in [5.74, 6) is -2.63. The molecule has 1 aromatic rings. The molecule has 156 valence electrons. The number of amides is 1. The molecular weight excluding hydrogens is 399 g/mol. The Bertz CT molecular complexity index is 680. The third-order valence-electron chi connectivity index (χ3n) is 5.43. The normalized spacial score (nSPS) is 25.9. The lowest BCUT2D eigenvalue weighted by molar-refractivity contribution is -0.192. The van der Waals surface area contributed by atoms with Crippen LogP contribution >= 0.6 is 11.3 Å². The first-order chi connectivity index (χ1) is 13.3. The fourth-order valence-corrected chi connectivity index (χ4v) is 4.73. The monoisotopic (exact) mass is 421 g/mol. The largest absolute Gasteiger partial charge is 0.490 e. The number of alkyl halides is 3. The van der Waals surface area contributed by atoms with Crippen molar-refractivity contribution in [1.29, 1.82) is 0 Å². The summed E-state index contributed by atoms with van der Waals surface area (Å²) in [6.07, 6.45) is -0.581. The minimum Gasteiger partial charge on any atom is -0.475 e. The third-order valence-corrected chi connectivity index (χ3v) is 6.02. The van der Waals surface area contributed by atoms with Crippen molar-refractivity contribution in [1.82, 2.24) is 14.8 Å². The summed E-state index contributed by atoms with van der Waals surface area (Å²) in [5, 5.41) is 8.99. The molecule has 3 fully saturated rings. The van der Waals surface area contributed by atoms with Crippen molar-refractivity contribution in [2.75, 3.05) is 26.3 Å². The van der Waals surface area contributed by atoms with Crippen LogP contribution in [0, 0.1) is 0 Å². The predicted molar refractivity (Wildman–Crippen MR) is 94.2 cm³/mol. The molecule has 4 rings (SSSR count). The molecular formula is C17H22F3N3O4S. The molecule has 4 heterocycles. The van der Waals surface area contributed by atoms with Gasteiger partial charge in [0.25, 0.3) is 5.91 Å². The summed E-state index contributed by atoms with van der Waals surface area (Å²) in [6.45, 7) is 3.78. The fourth-order valence-electron chi connectivity index (χ4n) is 4.21. The van der Waals surface area contributed by atoms with Crippen LogP contribution in [0.2, 0.25) is 0 Å². The molecule has 1 amide bonds. The number of ether oxygens (including phenoxy) is 1. The SMILES string of the molecule is O=C(O)C(F)(F)F.O=C(c1cscn1)N1CC[C@@H]2[C@@H]1CCN2C1CCOCC1. The van der Waals surface area contributed by atoms with Crippen LogP contribution in [0.1, 0.15) is 36.2 Å². The smallest absolute Gasteiger partial charge is 0.475 e. The van der Waals surface area contributed by atoms with Gasteiger partial charge in [0.05, 0.1) is 5.51 Å². The van der Waals surface area contributed by atoms with Gasteiger partial charge in [-0.2, -0.15) is 13.2 Å². The van der Waals surface area contributed by atoms with Crippen molar-refractivity contribution in [2.24, 2.45) is 0 Å². The minimum atomic E-state index is -5.08. The Kier molecular flexibility index (Phi) is 6.56. The molecule has 3 aliphatic rings. The number of aromatic nitrogens is 1. The number of nitrogens with zero attached hydrogens (tertiary/aromatic N) is 3. The van der Waals surface area contributed by atoms with Crippen LogP contribution < -0.4 is 0 Å². The minimum absolute atomic E-state index is 0.123. The summed E-state index contributed by atoms with van der Waals surface area (Å²) in [5.41, 5.74) is 2.36. The number of carboxylic acid groups (broad SMARTS) is 1. The van der Waals surface area contributed by atoms with Gasteiger partial charge in [-0.25, -0.2) is 9.78 Å². The standard InChI is InChI=1S/C15H21N3O2S.C2HF3O2/c19-15(12-9-21-10-16-12)18-6-2-13-14(18)1-5-17(13)11-3-7-20-8-4-11;3-2(4,5)1(6)7/h9-11,13-14H,1-8H2;(H,6,7)/t13-,14+;/m1./s1. The predicted octanol–water partition coefficient (Wildman–Crippen LogP) is 2.24. The van der Waals surface area contributed by atoms with Crippen LogP contribution in [0.5, 0.6) is 0 Å². The van der Waals surface area contributed by atoms with Crippen molar-refractivity contribution in [3.05, 3.63) is 16.6 Å². The molecule has 7 nitrogen and oxygen atoms in total. The van der Waals surface area contributed by atoms with Gasteiger partial charge in [-0.15, -0.1) is 11.3 Å². The number of carboxylic acids is 1. The van der Waals surface area contributed by atoms with Crippen LogP contribution in [0.3, 0.4) is 0 Å². The van der Waals surface area contributed by atoms with Crippen molar-refractivity contribution >= 4 is 23.2 Å². The molecule has 0 unspecified atom stereocenters. The van der Waals surface area contributed by atoms with Gasteiger partial charge >= 0.3 is 12.1 Å². The molecule has 28 heavy (non-hydrogen) atoms. The summed E-state index contributed by atoms with van der Waals surface area (Å²) >= 11 is 1.49. The first-order valence-electron chi connectivity index (χ1n) is 9.12. The molecule has 0 aromatic carbocycles. The molecule has 0 saturated carbocycles. The van der Waals surface area contributed by atoms with Gasteiger partial charge < -0.3 is 14.7 Å². The summed E-state index contributed by atoms with van der Waals surface area (Å²) in [7, 11) is 0. The zero-order valence-corrected chi connectivity index (χ0v) is 15.9. The van der Waals surface area contributed by atoms with E-state index in [9.17, 15) is 18.0 Å². The summed E-state index contributed by atoms with van der Waals surface area (Å²) in [4.78, 5) is 30.4. The Hall–Kier alpha value is -1.72. The zero-order chi connectivity index (χ0) is 20.3. The number of hydrogen-bond donors (Lipinski definition) is 1. The van der Waals surface area contributed by atoms with Crippen LogP contribution in [0.15, 0.2) is 10.9 Å². The maximum Gasteiger partial charge on any atom is 0.490 e. The number of likely N-dealkylation sites (tertiary alicyclic amines) is 2. The van der Waals surface area contributed by atoms with Crippen molar-refractivity contribution in [3.63, 3.8) is 0 Å². The number of carbonyl (C=O) groups excluding carboxylic acids is 1. The molecule has 3 saturated heterocycles. The number of thiazole rings is 1. The number of carbonyl (C=O) groups is 2. The van der Waals surface area contributed by atoms with E-state index in [0.717, 1.165) is 52.0 Å². The van der Waals surface area contributed by atoms with Crippen molar-refractivity contribution in [3.8, 4) is 0 Å². The van der Waals surface area contributed by atoms with Gasteiger partial charge in [0.1, 0.15) is 5.69 Å². The van der Waals surface area contributed by atoms with E-state index in [2.05, 4.69) is 14.8 Å². The second kappa shape index (κ2) is 8.75. The van der Waals surface area contributed by atoms with Crippen LogP contribution in [-0.2, 0) is 9.53 Å². The maximum absolute atomic E-state index is 12.6. The van der Waals surface area contributed by atoms with Crippen LogP contribution in [0.25, 0.3) is 0 Å². The molecule has 1 aromatic heterocycles. The van der Waals surface area contributed by atoms with E-state index < -0.39 is 12.1 Å². The van der Waals surface area contributed by atoms with Gasteiger partial charge in [-0.1, -0.05) is 0 Å². The Labute approximate surface area is 164 Å². The van der Waals surface area contributed by atoms with Crippen molar-refractivity contribution in [2.45, 2.75) is 50.0 Å². The number of fused-ring (bicyclic) bond motifs is 1. The topological polar surface area (TPSA) is 83.0 Å². The lowest BCUT2D eigenvalue weighted by Crippen LogP contribution is -2.45. The quantitative estimate of drug-likeness (QED) is 0.789. The van der Waals surface area contributed by atoms with Crippen molar-refractivity contribution < 1.29 is 32.6 Å². The third kappa shape index (κ3) is 4.64. The molecule has 0 aliphatic carbocycles. The molecule has 11 heteroatoms. The van der Waals surface area contributed by atoms with E-state index in [4.69, 9.17) is 14.6 Å². The highest BCUT2D eigenvalue weighted by molar-refractivity contribution is 7.07. The number of halogens is 3. The average Bonchev–Trinajstić information content (AvgIpc) is 3.39. The molecule has 1 N–H and O–H groups in total. The number of aliphatic carboxylic acids is 1. The van der Waals surface area contributed by atoms with E-state index in [1.54, 1.807) is 5.51 Å². The number of rotatable bonds is 2. The Balaban J connectivity index is 0.000000279. The second-order valence-corrected chi connectivity index (χ2v) is 7.69.